The molecule has 2 fully saturated rings. The van der Waals surface area contributed by atoms with E-state index in [-0.39, 0.29) is 45.3 Å². The van der Waals surface area contributed by atoms with Crippen molar-refractivity contribution in [2.75, 3.05) is 14.2 Å². The molecular weight excluding hydrogens is 489 g/mol. The van der Waals surface area contributed by atoms with Gasteiger partial charge < -0.3 is 9.47 Å². The van der Waals surface area contributed by atoms with Gasteiger partial charge in [0.05, 0.1) is 12.7 Å². The van der Waals surface area contributed by atoms with Crippen molar-refractivity contribution >= 4 is 39.2 Å². The van der Waals surface area contributed by atoms with Crippen molar-refractivity contribution in [2.24, 2.45) is 5.92 Å². The van der Waals surface area contributed by atoms with E-state index in [0.717, 1.165) is 12.8 Å². The number of methoxy groups -OCH3 is 1. The summed E-state index contributed by atoms with van der Waals surface area (Å²) in [4.78, 5) is 26.7. The molecule has 1 aromatic rings. The first-order valence-electron chi connectivity index (χ1n) is 7.67. The summed E-state index contributed by atoms with van der Waals surface area (Å²) >= 11 is 0. The number of benzene rings is 1. The van der Waals surface area contributed by atoms with Crippen LogP contribution in [0, 0.1) is 5.92 Å². The van der Waals surface area contributed by atoms with Gasteiger partial charge in [-0.15, -0.1) is 0 Å². The van der Waals surface area contributed by atoms with E-state index in [0.29, 0.717) is 18.0 Å². The summed E-state index contributed by atoms with van der Waals surface area (Å²) in [6.07, 6.45) is 2.26. The number of piperidine rings is 1. The van der Waals surface area contributed by atoms with Crippen molar-refractivity contribution < 1.29 is 19.1 Å². The molecule has 0 aromatic heterocycles. The van der Waals surface area contributed by atoms with Crippen LogP contribution in [-0.4, -0.2) is 76.5 Å². The molecule has 0 unspecified atom stereocenters. The van der Waals surface area contributed by atoms with E-state index in [1.54, 1.807) is 24.3 Å². The van der Waals surface area contributed by atoms with E-state index in [9.17, 15) is 9.59 Å². The number of hydrogen-bond acceptors (Lipinski definition) is 5. The summed E-state index contributed by atoms with van der Waals surface area (Å²) in [5.74, 6) is -1.06. The molecule has 3 rings (SSSR count). The minimum atomic E-state index is -0.408. The fourth-order valence-corrected chi connectivity index (χ4v) is 3.77. The van der Waals surface area contributed by atoms with Crippen LogP contribution in [0.1, 0.15) is 29.6 Å². The molecule has 0 aliphatic carbocycles. The molecule has 124 valence electrons. The summed E-state index contributed by atoms with van der Waals surface area (Å²) < 4.78 is 10.6. The number of esters is 2. The van der Waals surface area contributed by atoms with Crippen LogP contribution < -0.4 is 0 Å². The molecule has 23 heavy (non-hydrogen) atoms. The van der Waals surface area contributed by atoms with Gasteiger partial charge in [0.15, 0.2) is 0 Å². The maximum atomic E-state index is 12.3. The van der Waals surface area contributed by atoms with Crippen LogP contribution in [0.3, 0.4) is 0 Å². The molecular formula is C17H23NO4Pb. The summed E-state index contributed by atoms with van der Waals surface area (Å²) in [5, 5.41) is 0. The summed E-state index contributed by atoms with van der Waals surface area (Å²) in [7, 11) is 3.42. The number of fused-ring (bicyclic) bond motifs is 2. The second kappa shape index (κ2) is 7.74. The monoisotopic (exact) mass is 513 g/mol. The third-order valence-corrected chi connectivity index (χ3v) is 4.96. The van der Waals surface area contributed by atoms with Crippen molar-refractivity contribution in [3.63, 3.8) is 0 Å². The Morgan fingerprint density at radius 1 is 1.17 bits per heavy atom. The number of carbonyl (C=O) groups excluding carboxylic acids is 2. The summed E-state index contributed by atoms with van der Waals surface area (Å²) in [6.45, 7) is 0. The van der Waals surface area contributed by atoms with Crippen molar-refractivity contribution in [1.29, 1.82) is 0 Å². The SMILES string of the molecule is COC(=O)[C@H]1[C@@H](OC(=O)c2ccccc2)C[C@@H]2CC[C@H]1N2C.[PbH2]. The van der Waals surface area contributed by atoms with E-state index in [1.807, 2.05) is 13.1 Å². The molecule has 2 radical (unpaired) electrons. The zero-order valence-corrected chi connectivity index (χ0v) is 19.1. The average Bonchev–Trinajstić information content (AvgIpc) is 2.78. The van der Waals surface area contributed by atoms with Gasteiger partial charge in [-0.05, 0) is 32.0 Å². The molecule has 2 heterocycles. The Morgan fingerprint density at radius 3 is 2.52 bits per heavy atom. The van der Waals surface area contributed by atoms with Crippen molar-refractivity contribution in [3.8, 4) is 0 Å². The summed E-state index contributed by atoms with van der Waals surface area (Å²) in [6, 6.07) is 9.36. The van der Waals surface area contributed by atoms with Gasteiger partial charge in [-0.1, -0.05) is 18.2 Å². The Morgan fingerprint density at radius 2 is 1.87 bits per heavy atom. The van der Waals surface area contributed by atoms with E-state index < -0.39 is 12.0 Å². The molecule has 6 heteroatoms. The van der Waals surface area contributed by atoms with Crippen LogP contribution in [0.15, 0.2) is 30.3 Å². The molecule has 0 amide bonds. The normalized spacial score (nSPS) is 29.5. The van der Waals surface area contributed by atoms with E-state index in [2.05, 4.69) is 4.90 Å². The van der Waals surface area contributed by atoms with Crippen LogP contribution in [-0.2, 0) is 14.3 Å². The zero-order valence-electron chi connectivity index (χ0n) is 13.6. The molecule has 0 spiro atoms. The van der Waals surface area contributed by atoms with E-state index in [4.69, 9.17) is 9.47 Å². The van der Waals surface area contributed by atoms with Gasteiger partial charge >= 0.3 is 39.2 Å². The fraction of sp³-hybridized carbons (Fsp3) is 0.529. The Kier molecular flexibility index (Phi) is 6.19. The predicted molar refractivity (Wildman–Crippen MR) is 88.9 cm³/mol. The predicted octanol–water partition coefficient (Wildman–Crippen LogP) is 0.951. The van der Waals surface area contributed by atoms with Crippen LogP contribution in [0.4, 0.5) is 0 Å². The molecule has 1 aromatic carbocycles. The number of hydrogen-bond donors (Lipinski definition) is 0. The first-order valence-corrected chi connectivity index (χ1v) is 7.67. The summed E-state index contributed by atoms with van der Waals surface area (Å²) in [5.41, 5.74) is 0.511. The number of rotatable bonds is 3. The molecule has 2 saturated heterocycles. The quantitative estimate of drug-likeness (QED) is 0.446. The van der Waals surface area contributed by atoms with Crippen molar-refractivity contribution in [3.05, 3.63) is 35.9 Å². The fourth-order valence-electron chi connectivity index (χ4n) is 3.77. The van der Waals surface area contributed by atoms with Gasteiger partial charge in [-0.25, -0.2) is 4.79 Å². The molecule has 2 aliphatic heterocycles. The molecule has 4 atom stereocenters. The second-order valence-electron chi connectivity index (χ2n) is 6.06. The third kappa shape index (κ3) is 3.60. The maximum absolute atomic E-state index is 12.3. The second-order valence-corrected chi connectivity index (χ2v) is 6.06. The van der Waals surface area contributed by atoms with Crippen molar-refractivity contribution in [1.82, 2.24) is 4.90 Å². The van der Waals surface area contributed by atoms with Gasteiger partial charge in [0.1, 0.15) is 12.0 Å². The van der Waals surface area contributed by atoms with E-state index >= 15 is 0 Å². The molecule has 2 bridgehead atoms. The number of nitrogens with zero attached hydrogens (tertiary/aromatic N) is 1. The van der Waals surface area contributed by atoms with Gasteiger partial charge in [0.2, 0.25) is 0 Å². The molecule has 2 aliphatic rings. The van der Waals surface area contributed by atoms with Crippen LogP contribution in [0.5, 0.6) is 0 Å². The van der Waals surface area contributed by atoms with Crippen molar-refractivity contribution in [2.45, 2.75) is 37.5 Å². The Bertz CT molecular complexity index is 565. The molecule has 5 nitrogen and oxygen atoms in total. The van der Waals surface area contributed by atoms with Gasteiger partial charge in [-0.2, -0.15) is 0 Å². The Hall–Kier alpha value is -0.958. The number of carbonyl (C=O) groups is 2. The van der Waals surface area contributed by atoms with E-state index in [1.165, 1.54) is 7.11 Å². The molecule has 0 saturated carbocycles. The Labute approximate surface area is 156 Å². The first kappa shape index (κ1) is 18.4. The van der Waals surface area contributed by atoms with Gasteiger partial charge in [0, 0.05) is 18.5 Å². The standard InChI is InChI=1S/C17H21NO4.Pb.2H/c1-18-12-8-9-13(18)15(17(20)21-2)14(10-12)22-16(19)11-6-4-3-5-7-11;;;/h3-7,12-15H,8-10H2,1-2H3;;;/t12-,13+,14-,15+;;;/m0.../s1. The average molecular weight is 513 g/mol. The Balaban J connectivity index is 0.00000192. The first-order chi connectivity index (χ1) is 10.6. The topological polar surface area (TPSA) is 55.8 Å². The van der Waals surface area contributed by atoms with Crippen LogP contribution in [0.2, 0.25) is 0 Å². The van der Waals surface area contributed by atoms with Crippen LogP contribution in [0.25, 0.3) is 0 Å². The molecule has 0 N–H and O–H groups in total. The zero-order chi connectivity index (χ0) is 15.7. The minimum absolute atomic E-state index is 0. The number of ether oxygens (including phenoxy) is 2. The van der Waals surface area contributed by atoms with Crippen LogP contribution >= 0.6 is 0 Å². The third-order valence-electron chi connectivity index (χ3n) is 4.96. The van der Waals surface area contributed by atoms with Gasteiger partial charge in [0.25, 0.3) is 0 Å². The van der Waals surface area contributed by atoms with Gasteiger partial charge in [-0.3, -0.25) is 9.69 Å².